The summed E-state index contributed by atoms with van der Waals surface area (Å²) < 4.78 is 11.6. The van der Waals surface area contributed by atoms with E-state index < -0.39 is 0 Å². The molecule has 1 atom stereocenters. The van der Waals surface area contributed by atoms with Gasteiger partial charge in [-0.2, -0.15) is 0 Å². The first kappa shape index (κ1) is 22.8. The third kappa shape index (κ3) is 5.11. The maximum atomic E-state index is 13.7. The predicted octanol–water partition coefficient (Wildman–Crippen LogP) is 5.31. The molecule has 1 unspecified atom stereocenters. The van der Waals surface area contributed by atoms with E-state index in [0.717, 1.165) is 37.0 Å². The summed E-state index contributed by atoms with van der Waals surface area (Å²) in [5.41, 5.74) is 3.62. The molecule has 1 aliphatic rings. The van der Waals surface area contributed by atoms with Crippen LogP contribution >= 0.6 is 0 Å². The minimum atomic E-state index is -0.0239. The maximum Gasteiger partial charge on any atom is 0.257 e. The number of methoxy groups -OCH3 is 1. The van der Waals surface area contributed by atoms with Crippen molar-refractivity contribution in [2.24, 2.45) is 5.92 Å². The number of para-hydroxylation sites is 1. The van der Waals surface area contributed by atoms with Crippen molar-refractivity contribution in [3.05, 3.63) is 95.9 Å². The van der Waals surface area contributed by atoms with Crippen molar-refractivity contribution in [2.75, 3.05) is 20.2 Å². The van der Waals surface area contributed by atoms with Gasteiger partial charge in [0.15, 0.2) is 11.5 Å². The number of aromatic nitrogens is 2. The first-order chi connectivity index (χ1) is 17.2. The van der Waals surface area contributed by atoms with Crippen LogP contribution in [0.1, 0.15) is 34.5 Å². The maximum absolute atomic E-state index is 13.7. The van der Waals surface area contributed by atoms with Crippen molar-refractivity contribution in [1.82, 2.24) is 14.9 Å². The summed E-state index contributed by atoms with van der Waals surface area (Å²) in [6, 6.07) is 21.6. The zero-order valence-electron chi connectivity index (χ0n) is 19.9. The van der Waals surface area contributed by atoms with E-state index >= 15 is 0 Å². The van der Waals surface area contributed by atoms with Gasteiger partial charge in [0.25, 0.3) is 5.91 Å². The SMILES string of the molecule is COc1cccc(C(=O)N2CCCC(Cc3cccc4ncccc34)C2)c1OCc1ccccn1. The molecule has 0 N–H and O–H groups in total. The molecule has 3 heterocycles. The lowest BCUT2D eigenvalue weighted by Gasteiger charge is -2.33. The van der Waals surface area contributed by atoms with Gasteiger partial charge in [0.2, 0.25) is 0 Å². The molecule has 2 aromatic heterocycles. The fraction of sp³-hybridized carbons (Fsp3) is 0.276. The summed E-state index contributed by atoms with van der Waals surface area (Å²) in [6.07, 6.45) is 6.56. The number of likely N-dealkylation sites (tertiary alicyclic amines) is 1. The Balaban J connectivity index is 1.34. The number of pyridine rings is 2. The molecular formula is C29H29N3O3. The lowest BCUT2D eigenvalue weighted by Crippen LogP contribution is -2.40. The van der Waals surface area contributed by atoms with Crippen LogP contribution in [0.5, 0.6) is 11.5 Å². The Morgan fingerprint density at radius 3 is 2.74 bits per heavy atom. The molecule has 1 amide bonds. The van der Waals surface area contributed by atoms with E-state index in [-0.39, 0.29) is 12.5 Å². The standard InChI is InChI=1S/C29H29N3O3/c1-34-27-14-5-11-25(28(27)35-20-23-10-2-3-15-30-23)29(33)32-17-7-8-21(19-32)18-22-9-4-13-26-24(22)12-6-16-31-26/h2-6,9-16,21H,7-8,17-20H2,1H3. The molecule has 1 aliphatic heterocycles. The van der Waals surface area contributed by atoms with Gasteiger partial charge < -0.3 is 14.4 Å². The molecule has 35 heavy (non-hydrogen) atoms. The van der Waals surface area contributed by atoms with Crippen molar-refractivity contribution in [3.8, 4) is 11.5 Å². The zero-order chi connectivity index (χ0) is 24.0. The molecule has 1 fully saturated rings. The highest BCUT2D eigenvalue weighted by Crippen LogP contribution is 2.34. The Bertz CT molecular complexity index is 1300. The monoisotopic (exact) mass is 467 g/mol. The number of nitrogens with zero attached hydrogens (tertiary/aromatic N) is 3. The second-order valence-corrected chi connectivity index (χ2v) is 8.90. The van der Waals surface area contributed by atoms with Crippen LogP contribution in [0.25, 0.3) is 10.9 Å². The van der Waals surface area contributed by atoms with Crippen molar-refractivity contribution >= 4 is 16.8 Å². The topological polar surface area (TPSA) is 64.5 Å². The van der Waals surface area contributed by atoms with Crippen molar-refractivity contribution in [3.63, 3.8) is 0 Å². The molecule has 0 saturated carbocycles. The van der Waals surface area contributed by atoms with E-state index in [4.69, 9.17) is 9.47 Å². The highest BCUT2D eigenvalue weighted by molar-refractivity contribution is 5.98. The third-order valence-corrected chi connectivity index (χ3v) is 6.57. The van der Waals surface area contributed by atoms with Gasteiger partial charge in [0.05, 0.1) is 23.9 Å². The van der Waals surface area contributed by atoms with Crippen LogP contribution in [0.3, 0.4) is 0 Å². The van der Waals surface area contributed by atoms with Crippen LogP contribution < -0.4 is 9.47 Å². The van der Waals surface area contributed by atoms with Gasteiger partial charge in [-0.05, 0) is 67.1 Å². The number of fused-ring (bicyclic) bond motifs is 1. The Labute approximate surface area is 205 Å². The van der Waals surface area contributed by atoms with Crippen molar-refractivity contribution in [2.45, 2.75) is 25.9 Å². The minimum absolute atomic E-state index is 0.0239. The number of hydrogen-bond donors (Lipinski definition) is 0. The third-order valence-electron chi connectivity index (χ3n) is 6.57. The second-order valence-electron chi connectivity index (χ2n) is 8.90. The summed E-state index contributed by atoms with van der Waals surface area (Å²) in [6.45, 7) is 1.72. The zero-order valence-corrected chi connectivity index (χ0v) is 19.9. The quantitative estimate of drug-likeness (QED) is 0.368. The van der Waals surface area contributed by atoms with Gasteiger partial charge in [-0.3, -0.25) is 14.8 Å². The van der Waals surface area contributed by atoms with E-state index in [1.165, 1.54) is 10.9 Å². The van der Waals surface area contributed by atoms with Crippen LogP contribution in [0.15, 0.2) is 79.1 Å². The van der Waals surface area contributed by atoms with Gasteiger partial charge in [-0.15, -0.1) is 0 Å². The number of rotatable bonds is 7. The molecule has 0 spiro atoms. The number of carbonyl (C=O) groups is 1. The highest BCUT2D eigenvalue weighted by Gasteiger charge is 2.28. The largest absolute Gasteiger partial charge is 0.493 e. The smallest absolute Gasteiger partial charge is 0.257 e. The van der Waals surface area contributed by atoms with E-state index in [0.29, 0.717) is 29.5 Å². The summed E-state index contributed by atoms with van der Waals surface area (Å²) in [7, 11) is 1.59. The molecule has 178 valence electrons. The van der Waals surface area contributed by atoms with Crippen LogP contribution in [0.2, 0.25) is 0 Å². The number of ether oxygens (including phenoxy) is 2. The summed E-state index contributed by atoms with van der Waals surface area (Å²) >= 11 is 0. The summed E-state index contributed by atoms with van der Waals surface area (Å²) in [5.74, 6) is 1.38. The molecule has 0 aliphatic carbocycles. The lowest BCUT2D eigenvalue weighted by molar-refractivity contribution is 0.0668. The lowest BCUT2D eigenvalue weighted by atomic mass is 9.89. The predicted molar refractivity (Wildman–Crippen MR) is 136 cm³/mol. The molecular weight excluding hydrogens is 438 g/mol. The fourth-order valence-electron chi connectivity index (χ4n) is 4.87. The Morgan fingerprint density at radius 2 is 1.89 bits per heavy atom. The summed E-state index contributed by atoms with van der Waals surface area (Å²) in [4.78, 5) is 24.4. The van der Waals surface area contributed by atoms with Crippen LogP contribution in [0.4, 0.5) is 0 Å². The number of amides is 1. The van der Waals surface area contributed by atoms with E-state index in [2.05, 4.69) is 28.2 Å². The van der Waals surface area contributed by atoms with Crippen molar-refractivity contribution < 1.29 is 14.3 Å². The normalized spacial score (nSPS) is 15.7. The minimum Gasteiger partial charge on any atom is -0.493 e. The van der Waals surface area contributed by atoms with Gasteiger partial charge in [-0.1, -0.05) is 30.3 Å². The van der Waals surface area contributed by atoms with Gasteiger partial charge in [0, 0.05) is 30.9 Å². The van der Waals surface area contributed by atoms with Gasteiger partial charge >= 0.3 is 0 Å². The molecule has 0 radical (unpaired) electrons. The molecule has 6 heteroatoms. The molecule has 4 aromatic rings. The van der Waals surface area contributed by atoms with E-state index in [1.54, 1.807) is 13.3 Å². The average molecular weight is 468 g/mol. The molecule has 1 saturated heterocycles. The van der Waals surface area contributed by atoms with Crippen LogP contribution in [-0.4, -0.2) is 41.0 Å². The number of carbonyl (C=O) groups excluding carboxylic acids is 1. The highest BCUT2D eigenvalue weighted by atomic mass is 16.5. The fourth-order valence-corrected chi connectivity index (χ4v) is 4.87. The Morgan fingerprint density at radius 1 is 1.00 bits per heavy atom. The van der Waals surface area contributed by atoms with E-state index in [9.17, 15) is 4.79 Å². The first-order valence-corrected chi connectivity index (χ1v) is 12.0. The first-order valence-electron chi connectivity index (χ1n) is 12.0. The van der Waals surface area contributed by atoms with Gasteiger partial charge in [-0.25, -0.2) is 0 Å². The number of piperidine rings is 1. The van der Waals surface area contributed by atoms with Crippen LogP contribution in [-0.2, 0) is 13.0 Å². The van der Waals surface area contributed by atoms with Crippen LogP contribution in [0, 0.1) is 5.92 Å². The molecule has 5 rings (SSSR count). The second kappa shape index (κ2) is 10.6. The number of hydrogen-bond acceptors (Lipinski definition) is 5. The average Bonchev–Trinajstić information content (AvgIpc) is 2.92. The van der Waals surface area contributed by atoms with Crippen molar-refractivity contribution in [1.29, 1.82) is 0 Å². The summed E-state index contributed by atoms with van der Waals surface area (Å²) in [5, 5.41) is 1.19. The van der Waals surface area contributed by atoms with Gasteiger partial charge in [0.1, 0.15) is 6.61 Å². The van der Waals surface area contributed by atoms with E-state index in [1.807, 2.05) is 59.6 Å². The molecule has 6 nitrogen and oxygen atoms in total. The molecule has 2 aromatic carbocycles. The number of benzene rings is 2. The molecule has 0 bridgehead atoms. The Kier molecular flexibility index (Phi) is 6.89. The Hall–Kier alpha value is -3.93.